The molecule has 7 heteroatoms. The van der Waals surface area contributed by atoms with E-state index in [-0.39, 0.29) is 18.9 Å². The van der Waals surface area contributed by atoms with Gasteiger partial charge in [-0.1, -0.05) is 29.8 Å². The highest BCUT2D eigenvalue weighted by Gasteiger charge is 2.19. The molecule has 28 heavy (non-hydrogen) atoms. The Morgan fingerprint density at radius 2 is 1.64 bits per heavy atom. The number of esters is 1. The number of nitrogens with one attached hydrogen (secondary N) is 2. The van der Waals surface area contributed by atoms with Gasteiger partial charge in [-0.2, -0.15) is 0 Å². The van der Waals surface area contributed by atoms with Crippen LogP contribution in [0.5, 0.6) is 0 Å². The minimum absolute atomic E-state index is 0.0413. The van der Waals surface area contributed by atoms with Crippen LogP contribution in [0.1, 0.15) is 34.8 Å². The molecule has 0 aliphatic carbocycles. The zero-order valence-corrected chi connectivity index (χ0v) is 16.8. The average Bonchev–Trinajstić information content (AvgIpc) is 2.65. The molecular formula is C21H23ClN2O4. The number of carbonyl (C=O) groups excluding carboxylic acids is 3. The van der Waals surface area contributed by atoms with Crippen molar-refractivity contribution >= 4 is 35.1 Å². The van der Waals surface area contributed by atoms with Crippen LogP contribution in [0.2, 0.25) is 5.02 Å². The van der Waals surface area contributed by atoms with Crippen LogP contribution in [0.25, 0.3) is 0 Å². The van der Waals surface area contributed by atoms with E-state index >= 15 is 0 Å². The third-order valence-corrected chi connectivity index (χ3v) is 4.38. The highest BCUT2D eigenvalue weighted by Crippen LogP contribution is 2.19. The van der Waals surface area contributed by atoms with E-state index < -0.39 is 18.0 Å². The Hall–Kier alpha value is -2.86. The topological polar surface area (TPSA) is 84.5 Å². The predicted molar refractivity (Wildman–Crippen MR) is 109 cm³/mol. The molecule has 6 nitrogen and oxygen atoms in total. The lowest BCUT2D eigenvalue weighted by molar-refractivity contribution is -0.153. The minimum atomic E-state index is -0.946. The Balaban J connectivity index is 1.78. The first-order valence-corrected chi connectivity index (χ1v) is 9.26. The second kappa shape index (κ2) is 9.90. The lowest BCUT2D eigenvalue weighted by atomic mass is 10.1. The second-order valence-corrected chi connectivity index (χ2v) is 6.84. The van der Waals surface area contributed by atoms with Crippen LogP contribution in [-0.2, 0) is 14.3 Å². The van der Waals surface area contributed by atoms with Gasteiger partial charge in [-0.15, -0.1) is 0 Å². The summed E-state index contributed by atoms with van der Waals surface area (Å²) in [7, 11) is 0. The molecule has 2 aromatic carbocycles. The molecule has 2 amide bonds. The normalized spacial score (nSPS) is 11.4. The number of para-hydroxylation sites is 1. The van der Waals surface area contributed by atoms with Crippen molar-refractivity contribution in [1.82, 2.24) is 5.32 Å². The number of ether oxygens (including phenoxy) is 1. The van der Waals surface area contributed by atoms with Crippen molar-refractivity contribution in [1.29, 1.82) is 0 Å². The molecule has 0 heterocycles. The smallest absolute Gasteiger partial charge is 0.308 e. The van der Waals surface area contributed by atoms with Crippen LogP contribution in [0.4, 0.5) is 5.69 Å². The first-order chi connectivity index (χ1) is 13.3. The lowest BCUT2D eigenvalue weighted by Gasteiger charge is -2.16. The molecule has 0 aliphatic rings. The van der Waals surface area contributed by atoms with Crippen LogP contribution in [0, 0.1) is 13.8 Å². The number of aryl methyl sites for hydroxylation is 2. The van der Waals surface area contributed by atoms with Gasteiger partial charge < -0.3 is 15.4 Å². The molecule has 0 aliphatic heterocycles. The first kappa shape index (κ1) is 21.4. The van der Waals surface area contributed by atoms with Gasteiger partial charge in [-0.3, -0.25) is 14.4 Å². The number of carbonyl (C=O) groups is 3. The van der Waals surface area contributed by atoms with Crippen molar-refractivity contribution in [2.45, 2.75) is 33.3 Å². The van der Waals surface area contributed by atoms with Crippen molar-refractivity contribution in [2.24, 2.45) is 0 Å². The van der Waals surface area contributed by atoms with Crippen molar-refractivity contribution in [3.63, 3.8) is 0 Å². The maximum atomic E-state index is 12.3. The maximum Gasteiger partial charge on any atom is 0.308 e. The molecule has 0 fully saturated rings. The van der Waals surface area contributed by atoms with Crippen molar-refractivity contribution < 1.29 is 19.1 Å². The van der Waals surface area contributed by atoms with E-state index in [9.17, 15) is 14.4 Å². The van der Waals surface area contributed by atoms with E-state index in [0.717, 1.165) is 11.1 Å². The van der Waals surface area contributed by atoms with E-state index in [2.05, 4.69) is 10.6 Å². The van der Waals surface area contributed by atoms with Gasteiger partial charge in [0.05, 0.1) is 6.42 Å². The number of hydrogen-bond donors (Lipinski definition) is 2. The number of amides is 2. The number of benzene rings is 2. The molecule has 0 saturated carbocycles. The highest BCUT2D eigenvalue weighted by molar-refractivity contribution is 6.30. The predicted octanol–water partition coefficient (Wildman–Crippen LogP) is 3.65. The van der Waals surface area contributed by atoms with Crippen LogP contribution < -0.4 is 10.6 Å². The Bertz CT molecular complexity index is 845. The monoisotopic (exact) mass is 402 g/mol. The summed E-state index contributed by atoms with van der Waals surface area (Å²) in [5, 5.41) is 5.95. The van der Waals surface area contributed by atoms with E-state index in [0.29, 0.717) is 16.3 Å². The van der Waals surface area contributed by atoms with E-state index in [4.69, 9.17) is 16.3 Å². The minimum Gasteiger partial charge on any atom is -0.452 e. The fourth-order valence-corrected chi connectivity index (χ4v) is 2.65. The Morgan fingerprint density at radius 3 is 2.25 bits per heavy atom. The highest BCUT2D eigenvalue weighted by atomic mass is 35.5. The Morgan fingerprint density at radius 1 is 1.04 bits per heavy atom. The van der Waals surface area contributed by atoms with Crippen molar-refractivity contribution in [3.8, 4) is 0 Å². The van der Waals surface area contributed by atoms with Gasteiger partial charge in [0.25, 0.3) is 11.8 Å². The average molecular weight is 403 g/mol. The van der Waals surface area contributed by atoms with Gasteiger partial charge in [0.2, 0.25) is 0 Å². The van der Waals surface area contributed by atoms with E-state index in [1.54, 1.807) is 24.3 Å². The summed E-state index contributed by atoms with van der Waals surface area (Å²) in [6.07, 6.45) is -0.987. The summed E-state index contributed by atoms with van der Waals surface area (Å²) >= 11 is 5.78. The largest absolute Gasteiger partial charge is 0.452 e. The quantitative estimate of drug-likeness (QED) is 0.692. The molecule has 2 rings (SSSR count). The van der Waals surface area contributed by atoms with Crippen molar-refractivity contribution in [3.05, 3.63) is 64.2 Å². The lowest BCUT2D eigenvalue weighted by Crippen LogP contribution is -2.32. The Kier molecular flexibility index (Phi) is 7.58. The molecule has 1 atom stereocenters. The molecule has 148 valence electrons. The van der Waals surface area contributed by atoms with Gasteiger partial charge in [-0.05, 0) is 56.2 Å². The molecule has 0 radical (unpaired) electrons. The number of rotatable bonds is 7. The van der Waals surface area contributed by atoms with Crippen LogP contribution >= 0.6 is 11.6 Å². The molecule has 0 aromatic heterocycles. The number of hydrogen-bond acceptors (Lipinski definition) is 4. The molecule has 0 bridgehead atoms. The van der Waals surface area contributed by atoms with Gasteiger partial charge >= 0.3 is 5.97 Å². The second-order valence-electron chi connectivity index (χ2n) is 6.40. The molecule has 2 N–H and O–H groups in total. The van der Waals surface area contributed by atoms with E-state index in [1.165, 1.54) is 6.92 Å². The summed E-state index contributed by atoms with van der Waals surface area (Å²) in [4.78, 5) is 36.2. The summed E-state index contributed by atoms with van der Waals surface area (Å²) in [6.45, 7) is 5.39. The zero-order valence-electron chi connectivity index (χ0n) is 16.0. The SMILES string of the molecule is Cc1cccc(C)c1NC(=O)[C@@H](C)OC(=O)CCNC(=O)c1ccc(Cl)cc1. The van der Waals surface area contributed by atoms with Crippen LogP contribution in [-0.4, -0.2) is 30.4 Å². The summed E-state index contributed by atoms with van der Waals surface area (Å²) < 4.78 is 5.15. The summed E-state index contributed by atoms with van der Waals surface area (Å²) in [6, 6.07) is 12.1. The molecule has 0 saturated heterocycles. The fourth-order valence-electron chi connectivity index (χ4n) is 2.53. The van der Waals surface area contributed by atoms with Gasteiger partial charge in [0.15, 0.2) is 6.10 Å². The molecule has 2 aromatic rings. The standard InChI is InChI=1S/C21H23ClN2O4/c1-13-5-4-6-14(2)19(13)24-20(26)15(3)28-18(25)11-12-23-21(27)16-7-9-17(22)10-8-16/h4-10,15H,11-12H2,1-3H3,(H,23,27)(H,24,26)/t15-/m1/s1. The first-order valence-electron chi connectivity index (χ1n) is 8.88. The van der Waals surface area contributed by atoms with Crippen LogP contribution in [0.3, 0.4) is 0 Å². The fraction of sp³-hybridized carbons (Fsp3) is 0.286. The summed E-state index contributed by atoms with van der Waals surface area (Å²) in [5.74, 6) is -1.29. The van der Waals surface area contributed by atoms with E-state index in [1.807, 2.05) is 32.0 Å². The Labute approximate surface area is 169 Å². The summed E-state index contributed by atoms with van der Waals surface area (Å²) in [5.41, 5.74) is 3.01. The maximum absolute atomic E-state index is 12.3. The number of halogens is 1. The van der Waals surface area contributed by atoms with Gasteiger partial charge in [-0.25, -0.2) is 0 Å². The molecule has 0 spiro atoms. The molecule has 0 unspecified atom stereocenters. The van der Waals surface area contributed by atoms with Crippen LogP contribution in [0.15, 0.2) is 42.5 Å². The van der Waals surface area contributed by atoms with Crippen molar-refractivity contribution in [2.75, 3.05) is 11.9 Å². The zero-order chi connectivity index (χ0) is 20.7. The molecular weight excluding hydrogens is 380 g/mol. The number of anilines is 1. The third kappa shape index (κ3) is 6.09. The van der Waals surface area contributed by atoms with Gasteiger partial charge in [0.1, 0.15) is 0 Å². The third-order valence-electron chi connectivity index (χ3n) is 4.13. The van der Waals surface area contributed by atoms with Gasteiger partial charge in [0, 0.05) is 22.8 Å².